The smallest absolute Gasteiger partial charge is 0.387 e. The Kier molecular flexibility index (Phi) is 1.84. The summed E-state index contributed by atoms with van der Waals surface area (Å²) >= 11 is 0. The van der Waals surface area contributed by atoms with Crippen LogP contribution in [0, 0.1) is 0 Å². The van der Waals surface area contributed by atoms with Crippen molar-refractivity contribution in [3.8, 4) is 5.75 Å². The molecule has 13 heavy (non-hydrogen) atoms. The topological polar surface area (TPSA) is 37.9 Å². The molecular formula is C8H6F2N2O. The summed E-state index contributed by atoms with van der Waals surface area (Å²) in [6.07, 6.45) is 1.43. The van der Waals surface area contributed by atoms with Gasteiger partial charge >= 0.3 is 6.61 Å². The van der Waals surface area contributed by atoms with Crippen molar-refractivity contribution in [1.29, 1.82) is 0 Å². The molecule has 1 aromatic heterocycles. The summed E-state index contributed by atoms with van der Waals surface area (Å²) in [5.74, 6) is 0.0914. The number of para-hydroxylation sites is 1. The highest BCUT2D eigenvalue weighted by Crippen LogP contribution is 2.23. The van der Waals surface area contributed by atoms with Gasteiger partial charge in [-0.1, -0.05) is 6.07 Å². The van der Waals surface area contributed by atoms with E-state index in [0.717, 1.165) is 0 Å². The third-order valence-electron chi connectivity index (χ3n) is 1.63. The van der Waals surface area contributed by atoms with E-state index in [1.807, 2.05) is 0 Å². The van der Waals surface area contributed by atoms with E-state index in [1.165, 1.54) is 12.4 Å². The highest BCUT2D eigenvalue weighted by molar-refractivity contribution is 5.80. The van der Waals surface area contributed by atoms with Crippen molar-refractivity contribution in [1.82, 2.24) is 9.97 Å². The molecule has 0 aliphatic rings. The lowest BCUT2D eigenvalue weighted by Crippen LogP contribution is -2.02. The summed E-state index contributed by atoms with van der Waals surface area (Å²) in [7, 11) is 0. The molecule has 0 saturated carbocycles. The van der Waals surface area contributed by atoms with Crippen LogP contribution in [-0.4, -0.2) is 16.6 Å². The Bertz CT molecular complexity index is 413. The average Bonchev–Trinajstić information content (AvgIpc) is 2.51. The number of H-pyrrole nitrogens is 1. The number of fused-ring (bicyclic) bond motifs is 1. The summed E-state index contributed by atoms with van der Waals surface area (Å²) < 4.78 is 28.1. The summed E-state index contributed by atoms with van der Waals surface area (Å²) in [4.78, 5) is 6.66. The zero-order valence-corrected chi connectivity index (χ0v) is 6.50. The van der Waals surface area contributed by atoms with Gasteiger partial charge in [0, 0.05) is 0 Å². The Morgan fingerprint density at radius 1 is 1.38 bits per heavy atom. The monoisotopic (exact) mass is 184 g/mol. The van der Waals surface area contributed by atoms with Gasteiger partial charge in [0.15, 0.2) is 5.75 Å². The van der Waals surface area contributed by atoms with Gasteiger partial charge in [-0.15, -0.1) is 0 Å². The second-order valence-corrected chi connectivity index (χ2v) is 2.43. The Morgan fingerprint density at radius 3 is 3.00 bits per heavy atom. The first-order valence-corrected chi connectivity index (χ1v) is 3.64. The van der Waals surface area contributed by atoms with E-state index >= 15 is 0 Å². The van der Waals surface area contributed by atoms with Gasteiger partial charge in [0.1, 0.15) is 5.52 Å². The van der Waals surface area contributed by atoms with Crippen LogP contribution in [0.15, 0.2) is 24.5 Å². The summed E-state index contributed by atoms with van der Waals surface area (Å²) in [5, 5.41) is 0. The zero-order chi connectivity index (χ0) is 9.26. The van der Waals surface area contributed by atoms with E-state index in [1.54, 1.807) is 12.1 Å². The highest BCUT2D eigenvalue weighted by atomic mass is 19.3. The minimum Gasteiger partial charge on any atom is -0.432 e. The van der Waals surface area contributed by atoms with Gasteiger partial charge in [0.2, 0.25) is 0 Å². The first kappa shape index (κ1) is 7.97. The fraction of sp³-hybridized carbons (Fsp3) is 0.125. The number of rotatable bonds is 2. The van der Waals surface area contributed by atoms with Crippen molar-refractivity contribution in [3.05, 3.63) is 24.5 Å². The van der Waals surface area contributed by atoms with Crippen LogP contribution in [-0.2, 0) is 0 Å². The van der Waals surface area contributed by atoms with Crippen molar-refractivity contribution in [2.45, 2.75) is 6.61 Å². The van der Waals surface area contributed by atoms with Crippen LogP contribution in [0.1, 0.15) is 0 Å². The van der Waals surface area contributed by atoms with E-state index in [2.05, 4.69) is 14.7 Å². The second-order valence-electron chi connectivity index (χ2n) is 2.43. The third-order valence-corrected chi connectivity index (χ3v) is 1.63. The lowest BCUT2D eigenvalue weighted by Gasteiger charge is -2.03. The number of aromatic amines is 1. The Labute approximate surface area is 72.4 Å². The number of hydrogen-bond acceptors (Lipinski definition) is 2. The molecule has 2 rings (SSSR count). The lowest BCUT2D eigenvalue weighted by atomic mass is 10.3. The van der Waals surface area contributed by atoms with Crippen LogP contribution >= 0.6 is 0 Å². The van der Waals surface area contributed by atoms with Crippen LogP contribution < -0.4 is 4.74 Å². The normalized spacial score (nSPS) is 11.0. The second kappa shape index (κ2) is 3.01. The number of ether oxygens (including phenoxy) is 1. The van der Waals surface area contributed by atoms with Gasteiger partial charge in [0.05, 0.1) is 11.8 Å². The number of imidazole rings is 1. The fourth-order valence-corrected chi connectivity index (χ4v) is 1.13. The molecule has 1 N–H and O–H groups in total. The van der Waals surface area contributed by atoms with Crippen molar-refractivity contribution in [2.24, 2.45) is 0 Å². The number of aromatic nitrogens is 2. The first-order valence-electron chi connectivity index (χ1n) is 3.64. The molecule has 0 atom stereocenters. The predicted octanol–water partition coefficient (Wildman–Crippen LogP) is 2.16. The van der Waals surface area contributed by atoms with E-state index in [0.29, 0.717) is 11.0 Å². The standard InChI is InChI=1S/C8H6F2N2O/c9-8(10)13-6-3-1-2-5-7(6)12-4-11-5/h1-4,8H,(H,11,12). The van der Waals surface area contributed by atoms with Crippen molar-refractivity contribution >= 4 is 11.0 Å². The molecule has 68 valence electrons. The van der Waals surface area contributed by atoms with Crippen molar-refractivity contribution in [2.75, 3.05) is 0 Å². The summed E-state index contributed by atoms with van der Waals surface area (Å²) in [6.45, 7) is -2.82. The summed E-state index contributed by atoms with van der Waals surface area (Å²) in [5.41, 5.74) is 1.10. The van der Waals surface area contributed by atoms with Gasteiger partial charge in [0.25, 0.3) is 0 Å². The molecule has 0 spiro atoms. The Balaban J connectivity index is 2.48. The number of halogens is 2. The average molecular weight is 184 g/mol. The van der Waals surface area contributed by atoms with Gasteiger partial charge < -0.3 is 9.72 Å². The van der Waals surface area contributed by atoms with Gasteiger partial charge in [-0.05, 0) is 12.1 Å². The maximum absolute atomic E-state index is 11.9. The van der Waals surface area contributed by atoms with Crippen molar-refractivity contribution < 1.29 is 13.5 Å². The predicted molar refractivity (Wildman–Crippen MR) is 42.7 cm³/mol. The molecule has 0 fully saturated rings. The van der Waals surface area contributed by atoms with Crippen LogP contribution in [0.4, 0.5) is 8.78 Å². The number of alkyl halides is 2. The lowest BCUT2D eigenvalue weighted by molar-refractivity contribution is -0.0489. The SMILES string of the molecule is FC(F)Oc1cccc2[nH]cnc12. The molecule has 3 nitrogen and oxygen atoms in total. The molecule has 0 amide bonds. The van der Waals surface area contributed by atoms with E-state index in [4.69, 9.17) is 0 Å². The number of hydrogen-bond donors (Lipinski definition) is 1. The Morgan fingerprint density at radius 2 is 2.23 bits per heavy atom. The first-order chi connectivity index (χ1) is 6.27. The molecule has 0 saturated heterocycles. The van der Waals surface area contributed by atoms with E-state index in [-0.39, 0.29) is 5.75 Å². The molecule has 1 heterocycles. The molecule has 5 heteroatoms. The molecule has 0 bridgehead atoms. The quantitative estimate of drug-likeness (QED) is 0.776. The molecule has 1 aromatic carbocycles. The van der Waals surface area contributed by atoms with Gasteiger partial charge in [-0.3, -0.25) is 0 Å². The minimum absolute atomic E-state index is 0.0914. The largest absolute Gasteiger partial charge is 0.432 e. The molecule has 0 radical (unpaired) electrons. The number of nitrogens with one attached hydrogen (secondary N) is 1. The molecule has 0 unspecified atom stereocenters. The molecule has 0 aliphatic carbocycles. The maximum Gasteiger partial charge on any atom is 0.387 e. The van der Waals surface area contributed by atoms with E-state index in [9.17, 15) is 8.78 Å². The number of benzene rings is 1. The van der Waals surface area contributed by atoms with E-state index < -0.39 is 6.61 Å². The maximum atomic E-state index is 11.9. The third kappa shape index (κ3) is 1.44. The summed E-state index contributed by atoms with van der Waals surface area (Å²) in [6, 6.07) is 4.81. The number of nitrogens with zero attached hydrogens (tertiary/aromatic N) is 1. The van der Waals surface area contributed by atoms with Crippen molar-refractivity contribution in [3.63, 3.8) is 0 Å². The Hall–Kier alpha value is -1.65. The van der Waals surface area contributed by atoms with Crippen LogP contribution in [0.25, 0.3) is 11.0 Å². The van der Waals surface area contributed by atoms with Crippen LogP contribution in [0.3, 0.4) is 0 Å². The highest BCUT2D eigenvalue weighted by Gasteiger charge is 2.08. The van der Waals surface area contributed by atoms with Crippen LogP contribution in [0.2, 0.25) is 0 Å². The van der Waals surface area contributed by atoms with Crippen LogP contribution in [0.5, 0.6) is 5.75 Å². The minimum atomic E-state index is -2.82. The van der Waals surface area contributed by atoms with Gasteiger partial charge in [-0.25, -0.2) is 4.98 Å². The van der Waals surface area contributed by atoms with Gasteiger partial charge in [-0.2, -0.15) is 8.78 Å². The molecule has 0 aliphatic heterocycles. The molecular weight excluding hydrogens is 178 g/mol. The fourth-order valence-electron chi connectivity index (χ4n) is 1.13. The zero-order valence-electron chi connectivity index (χ0n) is 6.50. The molecule has 2 aromatic rings.